The number of nitrogens with one attached hydrogen (secondary N) is 1. The zero-order chi connectivity index (χ0) is 23.0. The van der Waals surface area contributed by atoms with E-state index in [0.29, 0.717) is 23.8 Å². The van der Waals surface area contributed by atoms with Gasteiger partial charge in [0, 0.05) is 6.54 Å². The number of hydrogen-bond acceptors (Lipinski definition) is 7. The first-order chi connectivity index (χ1) is 16.1. The fraction of sp³-hybridized carbons (Fsp3) is 0.174. The predicted octanol–water partition coefficient (Wildman–Crippen LogP) is 2.76. The van der Waals surface area contributed by atoms with Crippen LogP contribution in [0.15, 0.2) is 72.1 Å². The Morgan fingerprint density at radius 3 is 2.61 bits per heavy atom. The topological polar surface area (TPSA) is 102 Å². The van der Waals surface area contributed by atoms with Crippen LogP contribution in [0.3, 0.4) is 0 Å². The van der Waals surface area contributed by atoms with Crippen molar-refractivity contribution in [3.05, 3.63) is 77.7 Å². The highest BCUT2D eigenvalue weighted by molar-refractivity contribution is 7.13. The van der Waals surface area contributed by atoms with E-state index in [1.165, 1.54) is 28.1 Å². The molecule has 0 spiro atoms. The van der Waals surface area contributed by atoms with Gasteiger partial charge in [0.15, 0.2) is 0 Å². The van der Waals surface area contributed by atoms with Gasteiger partial charge < -0.3 is 10.1 Å². The van der Waals surface area contributed by atoms with Crippen LogP contribution in [0.25, 0.3) is 10.7 Å². The van der Waals surface area contributed by atoms with E-state index >= 15 is 0 Å². The first kappa shape index (κ1) is 22.2. The van der Waals surface area contributed by atoms with E-state index in [9.17, 15) is 9.59 Å². The number of para-hydroxylation sites is 2. The van der Waals surface area contributed by atoms with Gasteiger partial charge in [0.05, 0.1) is 17.7 Å². The highest BCUT2D eigenvalue weighted by Crippen LogP contribution is 2.28. The van der Waals surface area contributed by atoms with Crippen molar-refractivity contribution in [1.29, 1.82) is 0 Å². The van der Waals surface area contributed by atoms with Crippen LogP contribution in [0, 0.1) is 0 Å². The Bertz CT molecular complexity index is 1210. The van der Waals surface area contributed by atoms with Crippen LogP contribution >= 0.6 is 11.3 Å². The molecule has 0 bridgehead atoms. The largest absolute Gasteiger partial charge is 0.495 e. The lowest BCUT2D eigenvalue weighted by molar-refractivity contribution is -0.124. The van der Waals surface area contributed by atoms with E-state index in [4.69, 9.17) is 4.74 Å². The second-order valence-corrected chi connectivity index (χ2v) is 7.98. The summed E-state index contributed by atoms with van der Waals surface area (Å²) in [7, 11) is 1.52. The van der Waals surface area contributed by atoms with Gasteiger partial charge in [0.1, 0.15) is 18.8 Å². The Kier molecular flexibility index (Phi) is 7.06. The van der Waals surface area contributed by atoms with Crippen molar-refractivity contribution in [2.45, 2.75) is 13.1 Å². The molecule has 0 aliphatic heterocycles. The summed E-state index contributed by atoms with van der Waals surface area (Å²) in [6.07, 6.45) is 0. The van der Waals surface area contributed by atoms with E-state index in [0.717, 1.165) is 10.4 Å². The van der Waals surface area contributed by atoms with Crippen molar-refractivity contribution < 1.29 is 14.3 Å². The summed E-state index contributed by atoms with van der Waals surface area (Å²) in [5, 5.41) is 17.1. The second kappa shape index (κ2) is 10.5. The van der Waals surface area contributed by atoms with Gasteiger partial charge in [-0.1, -0.05) is 48.5 Å². The van der Waals surface area contributed by atoms with E-state index in [1.807, 2.05) is 47.8 Å². The zero-order valence-electron chi connectivity index (χ0n) is 17.9. The first-order valence-electron chi connectivity index (χ1n) is 10.2. The molecule has 2 amide bonds. The normalized spacial score (nSPS) is 10.6. The molecule has 1 N–H and O–H groups in total. The number of carbonyl (C=O) groups excluding carboxylic acids is 2. The molecule has 0 fully saturated rings. The summed E-state index contributed by atoms with van der Waals surface area (Å²) in [6, 6.07) is 20.4. The molecule has 0 atom stereocenters. The summed E-state index contributed by atoms with van der Waals surface area (Å²) >= 11 is 1.49. The van der Waals surface area contributed by atoms with E-state index in [-0.39, 0.29) is 24.9 Å². The van der Waals surface area contributed by atoms with E-state index in [1.54, 1.807) is 24.3 Å². The van der Waals surface area contributed by atoms with Crippen LogP contribution in [0.1, 0.15) is 5.56 Å². The number of nitrogens with zero attached hydrogens (tertiary/aromatic N) is 5. The second-order valence-electron chi connectivity index (χ2n) is 7.03. The van der Waals surface area contributed by atoms with Crippen LogP contribution in [0.4, 0.5) is 5.69 Å². The van der Waals surface area contributed by atoms with Gasteiger partial charge in [0.25, 0.3) is 5.91 Å². The number of methoxy groups -OCH3 is 1. The highest BCUT2D eigenvalue weighted by atomic mass is 32.1. The van der Waals surface area contributed by atoms with Crippen molar-refractivity contribution in [3.8, 4) is 16.5 Å². The number of rotatable bonds is 9. The first-order valence-corrected chi connectivity index (χ1v) is 11.1. The molecule has 0 aliphatic rings. The van der Waals surface area contributed by atoms with Crippen LogP contribution in [0.5, 0.6) is 5.75 Å². The quantitative estimate of drug-likeness (QED) is 0.410. The molecular formula is C23H22N6O3S. The van der Waals surface area contributed by atoms with Gasteiger partial charge in [-0.25, -0.2) is 0 Å². The molecule has 0 aliphatic carbocycles. The van der Waals surface area contributed by atoms with Crippen molar-refractivity contribution in [2.75, 3.05) is 18.6 Å². The number of carbonyl (C=O) groups is 2. The lowest BCUT2D eigenvalue weighted by Gasteiger charge is -2.24. The number of ether oxygens (including phenoxy) is 1. The molecule has 10 heteroatoms. The lowest BCUT2D eigenvalue weighted by Crippen LogP contribution is -2.42. The molecule has 0 saturated carbocycles. The number of benzene rings is 2. The van der Waals surface area contributed by atoms with E-state index in [2.05, 4.69) is 20.7 Å². The number of amides is 2. The van der Waals surface area contributed by atoms with Crippen molar-refractivity contribution in [3.63, 3.8) is 0 Å². The third kappa shape index (κ3) is 5.60. The van der Waals surface area contributed by atoms with Gasteiger partial charge in [-0.15, -0.1) is 21.5 Å². The Hall–Kier alpha value is -4.05. The highest BCUT2D eigenvalue weighted by Gasteiger charge is 2.23. The molecule has 33 heavy (non-hydrogen) atoms. The van der Waals surface area contributed by atoms with Crippen molar-refractivity contribution in [2.24, 2.45) is 0 Å². The molecule has 168 valence electrons. The number of tetrazole rings is 1. The van der Waals surface area contributed by atoms with Gasteiger partial charge in [-0.2, -0.15) is 4.80 Å². The Labute approximate surface area is 194 Å². The molecule has 0 saturated heterocycles. The zero-order valence-corrected chi connectivity index (χ0v) is 18.7. The third-order valence-corrected chi connectivity index (χ3v) is 5.65. The molecule has 2 heterocycles. The Morgan fingerprint density at radius 2 is 1.85 bits per heavy atom. The molecule has 4 aromatic rings. The molecule has 4 rings (SSSR count). The SMILES string of the molecule is COc1ccccc1N(CC(=O)NCc1ccccc1)C(=O)Cn1nnc(-c2cccs2)n1. The number of anilines is 1. The summed E-state index contributed by atoms with van der Waals surface area (Å²) in [4.78, 5) is 29.4. The molecule has 9 nitrogen and oxygen atoms in total. The summed E-state index contributed by atoms with van der Waals surface area (Å²) in [5.74, 6) is 0.253. The summed E-state index contributed by atoms with van der Waals surface area (Å²) < 4.78 is 5.42. The smallest absolute Gasteiger partial charge is 0.251 e. The molecular weight excluding hydrogens is 440 g/mol. The fourth-order valence-electron chi connectivity index (χ4n) is 3.18. The maximum Gasteiger partial charge on any atom is 0.251 e. The average molecular weight is 463 g/mol. The van der Waals surface area contributed by atoms with Gasteiger partial charge in [-0.3, -0.25) is 14.5 Å². The molecule has 0 unspecified atom stereocenters. The van der Waals surface area contributed by atoms with Gasteiger partial charge in [-0.05, 0) is 34.4 Å². The molecule has 2 aromatic carbocycles. The van der Waals surface area contributed by atoms with Gasteiger partial charge >= 0.3 is 0 Å². The molecule has 2 aromatic heterocycles. The number of thiophene rings is 1. The lowest BCUT2D eigenvalue weighted by atomic mass is 10.2. The maximum absolute atomic E-state index is 13.3. The van der Waals surface area contributed by atoms with Crippen molar-refractivity contribution >= 4 is 28.8 Å². The summed E-state index contributed by atoms with van der Waals surface area (Å²) in [5.41, 5.74) is 1.45. The van der Waals surface area contributed by atoms with E-state index < -0.39 is 0 Å². The third-order valence-electron chi connectivity index (χ3n) is 4.78. The van der Waals surface area contributed by atoms with Crippen LogP contribution < -0.4 is 15.0 Å². The summed E-state index contributed by atoms with van der Waals surface area (Å²) in [6.45, 7) is 0.00332. The maximum atomic E-state index is 13.3. The predicted molar refractivity (Wildman–Crippen MR) is 125 cm³/mol. The van der Waals surface area contributed by atoms with Crippen LogP contribution in [0.2, 0.25) is 0 Å². The fourth-order valence-corrected chi connectivity index (χ4v) is 3.83. The van der Waals surface area contributed by atoms with Crippen LogP contribution in [-0.2, 0) is 22.7 Å². The minimum Gasteiger partial charge on any atom is -0.495 e. The minimum atomic E-state index is -0.371. The van der Waals surface area contributed by atoms with Gasteiger partial charge in [0.2, 0.25) is 11.7 Å². The Morgan fingerprint density at radius 1 is 1.06 bits per heavy atom. The minimum absolute atomic E-state index is 0.178. The molecule has 0 radical (unpaired) electrons. The standard InChI is InChI=1S/C23H22N6O3S/c1-32-19-11-6-5-10-18(19)28(15-21(30)24-14-17-8-3-2-4-9-17)22(31)16-29-26-23(25-27-29)20-12-7-13-33-20/h2-13H,14-16H2,1H3,(H,24,30). The Balaban J connectivity index is 1.51. The van der Waals surface area contributed by atoms with Crippen molar-refractivity contribution in [1.82, 2.24) is 25.5 Å². The number of aromatic nitrogens is 4. The monoisotopic (exact) mass is 462 g/mol. The van der Waals surface area contributed by atoms with Crippen LogP contribution in [-0.4, -0.2) is 45.7 Å². The average Bonchev–Trinajstić information content (AvgIpc) is 3.54. The number of hydrogen-bond donors (Lipinski definition) is 1.